The molecule has 0 amide bonds. The fourth-order valence-electron chi connectivity index (χ4n) is 1.24. The Balaban J connectivity index is 2.42. The van der Waals surface area contributed by atoms with Crippen molar-refractivity contribution in [3.63, 3.8) is 0 Å². The van der Waals surface area contributed by atoms with Crippen LogP contribution in [-0.4, -0.2) is 12.1 Å². The van der Waals surface area contributed by atoms with E-state index in [-0.39, 0.29) is 6.42 Å². The van der Waals surface area contributed by atoms with Crippen molar-refractivity contribution in [2.24, 2.45) is 0 Å². The predicted molar refractivity (Wildman–Crippen MR) is 48.4 cm³/mol. The smallest absolute Gasteiger partial charge is 0.346 e. The predicted octanol–water partition coefficient (Wildman–Crippen LogP) is 2.25. The molecule has 0 unspecified atom stereocenters. The average Bonchev–Trinajstić information content (AvgIpc) is 2.08. The molecule has 0 N–H and O–H groups in total. The van der Waals surface area contributed by atoms with Gasteiger partial charge in [-0.25, -0.2) is 9.18 Å². The molecule has 1 aliphatic rings. The van der Waals surface area contributed by atoms with E-state index in [2.05, 4.69) is 15.9 Å². The summed E-state index contributed by atoms with van der Waals surface area (Å²) < 4.78 is 18.5. The molecule has 0 saturated heterocycles. The first-order valence-electron chi connectivity index (χ1n) is 3.81. The van der Waals surface area contributed by atoms with Gasteiger partial charge in [-0.2, -0.15) is 0 Å². The second kappa shape index (κ2) is 3.10. The third-order valence-corrected chi connectivity index (χ3v) is 2.39. The van der Waals surface area contributed by atoms with Crippen LogP contribution < -0.4 is 4.74 Å². The number of halogens is 2. The number of hydrogen-bond acceptors (Lipinski definition) is 2. The summed E-state index contributed by atoms with van der Waals surface area (Å²) in [7, 11) is 0. The van der Waals surface area contributed by atoms with Gasteiger partial charge in [0, 0.05) is 10.9 Å². The van der Waals surface area contributed by atoms with Crippen LogP contribution in [0.25, 0.3) is 0 Å². The molecular weight excluding hydrogens is 239 g/mol. The molecule has 0 spiro atoms. The van der Waals surface area contributed by atoms with Gasteiger partial charge in [0.05, 0.1) is 0 Å². The van der Waals surface area contributed by atoms with Crippen LogP contribution in [0.1, 0.15) is 5.56 Å². The minimum absolute atomic E-state index is 0.113. The van der Waals surface area contributed by atoms with E-state index in [1.165, 1.54) is 0 Å². The van der Waals surface area contributed by atoms with E-state index in [4.69, 9.17) is 4.74 Å². The number of alkyl halides is 1. The van der Waals surface area contributed by atoms with Crippen molar-refractivity contribution in [3.8, 4) is 5.75 Å². The molecule has 1 aromatic carbocycles. The second-order valence-corrected chi connectivity index (χ2v) is 3.76. The van der Waals surface area contributed by atoms with Gasteiger partial charge in [-0.05, 0) is 17.7 Å². The summed E-state index contributed by atoms with van der Waals surface area (Å²) in [6.07, 6.45) is -1.41. The van der Waals surface area contributed by atoms with Crippen LogP contribution >= 0.6 is 15.9 Å². The van der Waals surface area contributed by atoms with Gasteiger partial charge in [0.25, 0.3) is 0 Å². The lowest BCUT2D eigenvalue weighted by Gasteiger charge is -2.18. The van der Waals surface area contributed by atoms with Crippen molar-refractivity contribution in [2.45, 2.75) is 12.6 Å². The number of ether oxygens (including phenoxy) is 1. The Hall–Kier alpha value is -0.900. The molecule has 0 bridgehead atoms. The molecule has 1 atom stereocenters. The molecule has 0 aliphatic carbocycles. The van der Waals surface area contributed by atoms with Crippen molar-refractivity contribution >= 4 is 21.9 Å². The molecule has 0 radical (unpaired) electrons. The Kier molecular flexibility index (Phi) is 2.07. The maximum absolute atomic E-state index is 12.9. The Labute approximate surface area is 82.8 Å². The maximum atomic E-state index is 12.9. The lowest BCUT2D eigenvalue weighted by molar-refractivity contribution is -0.141. The fourth-order valence-corrected chi connectivity index (χ4v) is 1.58. The monoisotopic (exact) mass is 244 g/mol. The number of carbonyl (C=O) groups is 1. The van der Waals surface area contributed by atoms with Crippen molar-refractivity contribution in [1.29, 1.82) is 0 Å². The van der Waals surface area contributed by atoms with Gasteiger partial charge in [-0.3, -0.25) is 0 Å². The number of rotatable bonds is 0. The van der Waals surface area contributed by atoms with Crippen molar-refractivity contribution in [1.82, 2.24) is 0 Å². The summed E-state index contributed by atoms with van der Waals surface area (Å²) in [5.41, 5.74) is 0.732. The van der Waals surface area contributed by atoms with Crippen LogP contribution in [0.3, 0.4) is 0 Å². The van der Waals surface area contributed by atoms with Gasteiger partial charge in [0.2, 0.25) is 6.17 Å². The third kappa shape index (κ3) is 1.58. The normalized spacial score (nSPS) is 20.8. The van der Waals surface area contributed by atoms with Crippen LogP contribution in [0.15, 0.2) is 22.7 Å². The molecule has 2 nitrogen and oxygen atoms in total. The fraction of sp³-hybridized carbons (Fsp3) is 0.222. The number of hydrogen-bond donors (Lipinski definition) is 0. The molecular formula is C9H6BrFO2. The third-order valence-electron chi connectivity index (χ3n) is 1.89. The molecule has 1 heterocycles. The Morgan fingerprint density at radius 2 is 2.31 bits per heavy atom. The summed E-state index contributed by atoms with van der Waals surface area (Å²) in [5, 5.41) is 0. The minimum Gasteiger partial charge on any atom is -0.424 e. The lowest BCUT2D eigenvalue weighted by Crippen LogP contribution is -2.28. The van der Waals surface area contributed by atoms with Gasteiger partial charge in [0.15, 0.2) is 0 Å². The molecule has 0 saturated carbocycles. The van der Waals surface area contributed by atoms with Gasteiger partial charge in [0.1, 0.15) is 5.75 Å². The van der Waals surface area contributed by atoms with Crippen molar-refractivity contribution < 1.29 is 13.9 Å². The molecule has 0 fully saturated rings. The largest absolute Gasteiger partial charge is 0.424 e. The second-order valence-electron chi connectivity index (χ2n) is 2.84. The first kappa shape index (κ1) is 8.69. The van der Waals surface area contributed by atoms with E-state index < -0.39 is 12.1 Å². The SMILES string of the molecule is O=C1Oc2cc(Br)ccc2C[C@@H]1F. The van der Waals surface area contributed by atoms with Crippen LogP contribution in [0, 0.1) is 0 Å². The summed E-state index contributed by atoms with van der Waals surface area (Å²) in [4.78, 5) is 10.9. The highest BCUT2D eigenvalue weighted by molar-refractivity contribution is 9.10. The topological polar surface area (TPSA) is 26.3 Å². The highest BCUT2D eigenvalue weighted by Crippen LogP contribution is 2.29. The van der Waals surface area contributed by atoms with Crippen molar-refractivity contribution in [2.75, 3.05) is 0 Å². The lowest BCUT2D eigenvalue weighted by atomic mass is 10.1. The van der Waals surface area contributed by atoms with Crippen LogP contribution in [-0.2, 0) is 11.2 Å². The number of esters is 1. The van der Waals surface area contributed by atoms with Gasteiger partial charge in [-0.1, -0.05) is 22.0 Å². The standard InChI is InChI=1S/C9H6BrFO2/c10-6-2-1-5-3-7(11)9(12)13-8(5)4-6/h1-2,4,7H,3H2/t7-/m0/s1. The van der Waals surface area contributed by atoms with Gasteiger partial charge < -0.3 is 4.74 Å². The summed E-state index contributed by atoms with van der Waals surface area (Å²) >= 11 is 3.24. The Bertz CT molecular complexity index is 365. The van der Waals surface area contributed by atoms with Crippen LogP contribution in [0.4, 0.5) is 4.39 Å². The highest BCUT2D eigenvalue weighted by atomic mass is 79.9. The van der Waals surface area contributed by atoms with E-state index in [1.807, 2.05) is 0 Å². The zero-order valence-electron chi connectivity index (χ0n) is 6.59. The van der Waals surface area contributed by atoms with E-state index in [9.17, 15) is 9.18 Å². The van der Waals surface area contributed by atoms with Crippen LogP contribution in [0.2, 0.25) is 0 Å². The molecule has 68 valence electrons. The first-order valence-corrected chi connectivity index (χ1v) is 4.60. The highest BCUT2D eigenvalue weighted by Gasteiger charge is 2.27. The molecule has 2 rings (SSSR count). The van der Waals surface area contributed by atoms with E-state index in [0.717, 1.165) is 10.0 Å². The molecule has 1 aliphatic heterocycles. The summed E-state index contributed by atoms with van der Waals surface area (Å²) in [5.74, 6) is -0.348. The Morgan fingerprint density at radius 1 is 1.54 bits per heavy atom. The number of fused-ring (bicyclic) bond motifs is 1. The van der Waals surface area contributed by atoms with Gasteiger partial charge in [-0.15, -0.1) is 0 Å². The maximum Gasteiger partial charge on any atom is 0.346 e. The first-order chi connectivity index (χ1) is 6.16. The molecule has 13 heavy (non-hydrogen) atoms. The Morgan fingerprint density at radius 3 is 3.08 bits per heavy atom. The summed E-state index contributed by atoms with van der Waals surface area (Å²) in [6.45, 7) is 0. The molecule has 4 heteroatoms. The number of carbonyl (C=O) groups excluding carboxylic acids is 1. The molecule has 0 aromatic heterocycles. The summed E-state index contributed by atoms with van der Waals surface area (Å²) in [6, 6.07) is 5.21. The van der Waals surface area contributed by atoms with E-state index >= 15 is 0 Å². The minimum atomic E-state index is -1.52. The number of benzene rings is 1. The van der Waals surface area contributed by atoms with Gasteiger partial charge >= 0.3 is 5.97 Å². The van der Waals surface area contributed by atoms with Crippen LogP contribution in [0.5, 0.6) is 5.75 Å². The van der Waals surface area contributed by atoms with Crippen molar-refractivity contribution in [3.05, 3.63) is 28.2 Å². The molecule has 1 aromatic rings. The zero-order chi connectivity index (χ0) is 9.42. The quantitative estimate of drug-likeness (QED) is 0.517. The van der Waals surface area contributed by atoms with E-state index in [1.54, 1.807) is 18.2 Å². The zero-order valence-corrected chi connectivity index (χ0v) is 8.17. The average molecular weight is 245 g/mol. The van der Waals surface area contributed by atoms with E-state index in [0.29, 0.717) is 5.75 Å².